The van der Waals surface area contributed by atoms with E-state index in [1.165, 1.54) is 0 Å². The summed E-state index contributed by atoms with van der Waals surface area (Å²) in [5.41, 5.74) is 7.62. The van der Waals surface area contributed by atoms with Crippen molar-refractivity contribution < 1.29 is 66.7 Å². The number of hydrogen-bond donors (Lipinski definition) is 1. The monoisotopic (exact) mass is 1640 g/mol. The largest absolute Gasteiger partial charge is 0.490 e. The van der Waals surface area contributed by atoms with Gasteiger partial charge in [-0.25, -0.2) is 0 Å². The molecule has 4 aliphatic heterocycles. The van der Waals surface area contributed by atoms with E-state index in [2.05, 4.69) is 247 Å². The molecule has 0 bridgehead atoms. The molecule has 14 nitrogen and oxygen atoms in total. The fourth-order valence-corrected chi connectivity index (χ4v) is 15.6. The number of aliphatic hydroxyl groups is 1. The summed E-state index contributed by atoms with van der Waals surface area (Å²) in [6.45, 7) is 12.9. The van der Waals surface area contributed by atoms with Crippen LogP contribution in [0.2, 0.25) is 0 Å². The highest BCUT2D eigenvalue weighted by atomic mass is 79.9. The molecule has 4 saturated heterocycles. The van der Waals surface area contributed by atoms with Gasteiger partial charge in [0.2, 0.25) is 0 Å². The predicted molar refractivity (Wildman–Crippen MR) is 480 cm³/mol. The summed E-state index contributed by atoms with van der Waals surface area (Å²) in [5.74, 6) is 5.84. The molecule has 0 saturated carbocycles. The molecule has 15 heteroatoms. The number of aliphatic hydroxyl groups excluding tert-OH is 1. The maximum atomic E-state index is 11.6. The van der Waals surface area contributed by atoms with Crippen LogP contribution in [-0.2, 0) is 23.7 Å². The van der Waals surface area contributed by atoms with Gasteiger partial charge in [0.25, 0.3) is 0 Å². The van der Waals surface area contributed by atoms with Gasteiger partial charge in [-0.15, -0.1) is 13.2 Å². The lowest BCUT2D eigenvalue weighted by Gasteiger charge is -2.23. The highest BCUT2D eigenvalue weighted by Gasteiger charge is 2.31. The smallest absolute Gasteiger partial charge is 0.128 e. The number of ether oxygens (including phenoxy) is 13. The van der Waals surface area contributed by atoms with E-state index in [-0.39, 0.29) is 50.8 Å². The van der Waals surface area contributed by atoms with Gasteiger partial charge in [-0.3, -0.25) is 0 Å². The maximum absolute atomic E-state index is 11.6. The molecule has 1 N–H and O–H groups in total. The van der Waals surface area contributed by atoms with Crippen LogP contribution in [0.5, 0.6) is 46.0 Å². The Labute approximate surface area is 699 Å². The van der Waals surface area contributed by atoms with Gasteiger partial charge in [-0.05, 0) is 135 Å². The van der Waals surface area contributed by atoms with Gasteiger partial charge < -0.3 is 66.7 Å². The third-order valence-corrected chi connectivity index (χ3v) is 22.2. The molecule has 0 aromatic heterocycles. The van der Waals surface area contributed by atoms with E-state index in [0.29, 0.717) is 71.0 Å². The first-order chi connectivity index (χ1) is 58.8. The molecule has 4 aliphatic rings. The number of halogens is 1. The van der Waals surface area contributed by atoms with Crippen molar-refractivity contribution in [3.8, 4) is 90.5 Å². The van der Waals surface area contributed by atoms with Crippen molar-refractivity contribution in [1.29, 1.82) is 0 Å². The van der Waals surface area contributed by atoms with E-state index in [9.17, 15) is 5.11 Å². The summed E-state index contributed by atoms with van der Waals surface area (Å²) in [6, 6.07) is 99.8. The number of epoxide rings is 4. The number of hydrogen-bond acceptors (Lipinski definition) is 14. The van der Waals surface area contributed by atoms with Crippen LogP contribution >= 0.6 is 15.9 Å². The fourth-order valence-electron chi connectivity index (χ4n) is 15.6. The Bertz CT molecular complexity index is 5990. The van der Waals surface area contributed by atoms with Crippen LogP contribution in [0.4, 0.5) is 0 Å². The van der Waals surface area contributed by atoms with Crippen LogP contribution in [0.15, 0.2) is 316 Å². The van der Waals surface area contributed by atoms with E-state index in [1.807, 2.05) is 72.8 Å². The predicted octanol–water partition coefficient (Wildman–Crippen LogP) is 22.8. The quantitative estimate of drug-likeness (QED) is 0.0242. The molecule has 0 radical (unpaired) electrons. The first-order valence-electron chi connectivity index (χ1n) is 40.5. The van der Waals surface area contributed by atoms with Crippen molar-refractivity contribution in [2.75, 3.05) is 91.2 Å². The molecule has 20 rings (SSSR count). The molecule has 4 unspecified atom stereocenters. The van der Waals surface area contributed by atoms with Gasteiger partial charge in [0.05, 0.1) is 33.0 Å². The second-order valence-electron chi connectivity index (χ2n) is 29.9. The molecule has 4 heterocycles. The summed E-state index contributed by atoms with van der Waals surface area (Å²) >= 11 is 3.13. The van der Waals surface area contributed by atoms with Crippen LogP contribution in [0, 0.1) is 0 Å². The number of alkyl halides is 1. The Morgan fingerprint density at radius 3 is 0.647 bits per heavy atom. The Morgan fingerprint density at radius 1 is 0.277 bits per heavy atom. The lowest BCUT2D eigenvalue weighted by molar-refractivity contribution is 0.00639. The zero-order valence-electron chi connectivity index (χ0n) is 65.8. The van der Waals surface area contributed by atoms with Gasteiger partial charge >= 0.3 is 0 Å². The minimum Gasteiger partial charge on any atom is -0.490 e. The molecule has 0 amide bonds. The van der Waals surface area contributed by atoms with Crippen LogP contribution < -0.4 is 37.9 Å². The summed E-state index contributed by atoms with van der Waals surface area (Å²) < 4.78 is 81.0. The first-order valence-corrected chi connectivity index (χ1v) is 41.6. The van der Waals surface area contributed by atoms with E-state index in [0.717, 1.165) is 171 Å². The molecular weight excluding hydrogens is 1550 g/mol. The normalized spacial score (nSPS) is 16.1. The fraction of sp³-hybridized carbons (Fsp3) is 0.192. The standard InChI is InChI=1S/C52H44O7.C49H40O7.C3H5Br/c1-2-27-53-38(30-56-45-23-19-34-11-3-7-15-41(34)49(45)51-43-17-9-5-13-36(43)21-25-47(51)58-32-39-28-54-39)31-57-46-24-20-35-12-4-8-16-42(35)50(46)52-44-18-10-6-14-37(44)22-26-48(52)59-33-40-29-55-40;50-35(25-53-42-21-17-31-9-1-5-13-38(31)46(42)48-40-15-7-3-11-33(40)19-23-44(48)55-29-36-27-51-36)26-54-43-22-18-32-10-2-6-14-39(32)47(43)49-41-16-8-4-12-34(41)20-24-45(49)56-30-37-28-52-37;1-2-3-4/h2-26,38-40H,1,27-33H2;1-24,35-37,50H,25-30H2;2H,1,3H2. The Kier molecular flexibility index (Phi) is 23.8. The average molecular weight is 1640 g/mol. The van der Waals surface area contributed by atoms with Crippen LogP contribution in [0.1, 0.15) is 0 Å². The summed E-state index contributed by atoms with van der Waals surface area (Å²) in [6.07, 6.45) is 2.58. The van der Waals surface area contributed by atoms with Gasteiger partial charge in [0.15, 0.2) is 0 Å². The van der Waals surface area contributed by atoms with Crippen molar-refractivity contribution >= 4 is 102 Å². The van der Waals surface area contributed by atoms with Gasteiger partial charge in [0, 0.05) is 49.8 Å². The average Bonchev–Trinajstić information content (AvgIpc) is 1.75. The summed E-state index contributed by atoms with van der Waals surface area (Å²) in [5, 5.41) is 29.7. The Balaban J connectivity index is 0.000000157. The Hall–Kier alpha value is -12.3. The minimum absolute atomic E-state index is 0.00907. The van der Waals surface area contributed by atoms with E-state index >= 15 is 0 Å². The summed E-state index contributed by atoms with van der Waals surface area (Å²) in [7, 11) is 0. The van der Waals surface area contributed by atoms with Gasteiger partial charge in [0.1, 0.15) is 135 Å². The third-order valence-electron chi connectivity index (χ3n) is 21.7. The van der Waals surface area contributed by atoms with Crippen molar-refractivity contribution in [1.82, 2.24) is 0 Å². The highest BCUT2D eigenvalue weighted by molar-refractivity contribution is 9.09. The molecule has 16 aromatic rings. The molecule has 596 valence electrons. The SMILES string of the molecule is C=CCBr.C=CCOC(COc1ccc2ccccc2c1-c1c(OCC2CO2)ccc2ccccc12)COc1ccc2ccccc2c1-c1c(OCC2CO2)ccc2ccccc12.OC(COc1ccc2ccccc2c1-c1c(OCC2CO2)ccc2ccccc12)COc1ccc2ccccc2c1-c1c(OCC2CO2)ccc2ccccc12. The lowest BCUT2D eigenvalue weighted by atomic mass is 9.92. The second kappa shape index (κ2) is 36.3. The molecule has 119 heavy (non-hydrogen) atoms. The van der Waals surface area contributed by atoms with Crippen LogP contribution in [-0.4, -0.2) is 133 Å². The number of allylic oxidation sites excluding steroid dienone is 1. The van der Waals surface area contributed by atoms with Crippen molar-refractivity contribution in [3.05, 3.63) is 316 Å². The summed E-state index contributed by atoms with van der Waals surface area (Å²) in [4.78, 5) is 0. The van der Waals surface area contributed by atoms with E-state index < -0.39 is 12.2 Å². The Morgan fingerprint density at radius 2 is 0.462 bits per heavy atom. The molecule has 4 fully saturated rings. The first kappa shape index (κ1) is 77.9. The molecular formula is C104H89BrO14. The van der Waals surface area contributed by atoms with Crippen molar-refractivity contribution in [2.24, 2.45) is 0 Å². The van der Waals surface area contributed by atoms with Crippen molar-refractivity contribution in [2.45, 2.75) is 36.6 Å². The second-order valence-corrected chi connectivity index (χ2v) is 30.6. The highest BCUT2D eigenvalue weighted by Crippen LogP contribution is 2.51. The van der Waals surface area contributed by atoms with E-state index in [4.69, 9.17) is 61.6 Å². The molecule has 0 spiro atoms. The van der Waals surface area contributed by atoms with Crippen LogP contribution in [0.25, 0.3) is 131 Å². The minimum atomic E-state index is -0.945. The number of fused-ring (bicyclic) bond motifs is 8. The number of benzene rings is 16. The number of rotatable bonds is 32. The van der Waals surface area contributed by atoms with Crippen LogP contribution in [0.3, 0.4) is 0 Å². The van der Waals surface area contributed by atoms with Gasteiger partial charge in [-0.1, -0.05) is 271 Å². The van der Waals surface area contributed by atoms with Gasteiger partial charge in [-0.2, -0.15) is 0 Å². The van der Waals surface area contributed by atoms with E-state index in [1.54, 1.807) is 12.2 Å². The lowest BCUT2D eigenvalue weighted by Crippen LogP contribution is -2.29. The zero-order valence-corrected chi connectivity index (χ0v) is 67.4. The van der Waals surface area contributed by atoms with Crippen molar-refractivity contribution in [3.63, 3.8) is 0 Å². The molecule has 0 aliphatic carbocycles. The third kappa shape index (κ3) is 17.8. The molecule has 16 aromatic carbocycles. The maximum Gasteiger partial charge on any atom is 0.128 e. The zero-order chi connectivity index (χ0) is 80.4. The topological polar surface area (TPSA) is 153 Å². The molecule has 4 atom stereocenters.